The number of carbonyl (C=O) groups excluding carboxylic acids is 1. The van der Waals surface area contributed by atoms with E-state index >= 15 is 0 Å². The number of anilines is 2. The molecule has 0 aliphatic heterocycles. The lowest BCUT2D eigenvalue weighted by Gasteiger charge is -2.22. The molecule has 9 heteroatoms. The van der Waals surface area contributed by atoms with Crippen molar-refractivity contribution < 1.29 is 22.7 Å². The number of ether oxygens (including phenoxy) is 2. The smallest absolute Gasteiger partial charge is 0.245 e. The highest BCUT2D eigenvalue weighted by molar-refractivity contribution is 7.92. The minimum absolute atomic E-state index is 0.325. The van der Waals surface area contributed by atoms with E-state index < -0.39 is 22.5 Å². The van der Waals surface area contributed by atoms with Crippen molar-refractivity contribution in [2.75, 3.05) is 29.0 Å². The first-order valence-electron chi connectivity index (χ1n) is 9.79. The highest BCUT2D eigenvalue weighted by Crippen LogP contribution is 2.32. The molecule has 0 unspecified atom stereocenters. The third kappa shape index (κ3) is 6.38. The number of halogens is 1. The summed E-state index contributed by atoms with van der Waals surface area (Å²) in [6.07, 6.45) is 1.04. The average molecular weight is 475 g/mol. The van der Waals surface area contributed by atoms with Crippen LogP contribution in [-0.4, -0.2) is 33.7 Å². The second-order valence-electron chi connectivity index (χ2n) is 6.80. The molecule has 0 heterocycles. The molecule has 0 saturated carbocycles. The molecule has 3 aromatic carbocycles. The van der Waals surface area contributed by atoms with E-state index in [0.29, 0.717) is 40.3 Å². The molecule has 0 aliphatic carbocycles. The molecule has 0 spiro atoms. The summed E-state index contributed by atoms with van der Waals surface area (Å²) in [5.74, 6) is 1.01. The number of rotatable bonds is 9. The monoisotopic (exact) mass is 474 g/mol. The Hall–Kier alpha value is -3.23. The minimum Gasteiger partial charge on any atom is -0.494 e. The maximum Gasteiger partial charge on any atom is 0.245 e. The van der Waals surface area contributed by atoms with Gasteiger partial charge in [0.05, 0.1) is 24.2 Å². The summed E-state index contributed by atoms with van der Waals surface area (Å²) in [5, 5.41) is 3.09. The number of carbonyl (C=O) groups is 1. The number of nitrogens with one attached hydrogen (secondary N) is 1. The molecule has 3 rings (SSSR count). The number of benzene rings is 3. The Morgan fingerprint density at radius 1 is 1.00 bits per heavy atom. The molecule has 7 nitrogen and oxygen atoms in total. The predicted molar refractivity (Wildman–Crippen MR) is 126 cm³/mol. The third-order valence-corrected chi connectivity index (χ3v) is 5.69. The van der Waals surface area contributed by atoms with Crippen molar-refractivity contribution in [2.45, 2.75) is 6.92 Å². The number of sulfonamides is 1. The van der Waals surface area contributed by atoms with E-state index in [1.807, 2.05) is 25.1 Å². The molecule has 3 aromatic rings. The topological polar surface area (TPSA) is 84.9 Å². The van der Waals surface area contributed by atoms with Crippen molar-refractivity contribution in [2.24, 2.45) is 0 Å². The van der Waals surface area contributed by atoms with Gasteiger partial charge in [-0.1, -0.05) is 29.8 Å². The maximum atomic E-state index is 12.8. The van der Waals surface area contributed by atoms with Crippen molar-refractivity contribution in [1.82, 2.24) is 0 Å². The first kappa shape index (κ1) is 23.4. The number of amides is 1. The molecular weight excluding hydrogens is 452 g/mol. The molecule has 0 fully saturated rings. The predicted octanol–water partition coefficient (Wildman–Crippen LogP) is 4.94. The summed E-state index contributed by atoms with van der Waals surface area (Å²) in [6.45, 7) is 1.92. The standard InChI is InChI=1S/C23H23ClN2O5S/c1-3-30-19-12-10-18(11-13-19)26(32(2,28)29)16-23(27)25-21-15-17(24)9-14-22(21)31-20-7-5-4-6-8-20/h4-15H,3,16H2,1-2H3,(H,25,27). The Labute approximate surface area is 192 Å². The molecule has 0 saturated heterocycles. The van der Waals surface area contributed by atoms with Gasteiger partial charge in [-0.2, -0.15) is 0 Å². The van der Waals surface area contributed by atoms with Crippen LogP contribution in [0.4, 0.5) is 11.4 Å². The van der Waals surface area contributed by atoms with Crippen LogP contribution in [0.3, 0.4) is 0 Å². The molecular formula is C23H23ClN2O5S. The molecule has 1 N–H and O–H groups in total. The summed E-state index contributed by atoms with van der Waals surface area (Å²) in [6, 6.07) is 20.3. The summed E-state index contributed by atoms with van der Waals surface area (Å²) >= 11 is 6.09. The van der Waals surface area contributed by atoms with Crippen molar-refractivity contribution >= 4 is 38.9 Å². The van der Waals surface area contributed by atoms with Gasteiger partial charge in [-0.25, -0.2) is 8.42 Å². The van der Waals surface area contributed by atoms with Gasteiger partial charge in [0.15, 0.2) is 5.75 Å². The van der Waals surface area contributed by atoms with Crippen LogP contribution >= 0.6 is 11.6 Å². The van der Waals surface area contributed by atoms with E-state index in [1.54, 1.807) is 54.6 Å². The quantitative estimate of drug-likeness (QED) is 0.475. The van der Waals surface area contributed by atoms with Gasteiger partial charge in [-0.3, -0.25) is 9.10 Å². The first-order chi connectivity index (χ1) is 15.3. The fourth-order valence-corrected chi connectivity index (χ4v) is 3.93. The largest absolute Gasteiger partial charge is 0.494 e. The average Bonchev–Trinajstić information content (AvgIpc) is 2.75. The van der Waals surface area contributed by atoms with Crippen molar-refractivity contribution in [1.29, 1.82) is 0 Å². The molecule has 1 amide bonds. The van der Waals surface area contributed by atoms with Gasteiger partial charge in [0.2, 0.25) is 15.9 Å². The lowest BCUT2D eigenvalue weighted by Crippen LogP contribution is -2.37. The lowest BCUT2D eigenvalue weighted by molar-refractivity contribution is -0.114. The molecule has 0 aromatic heterocycles. The first-order valence-corrected chi connectivity index (χ1v) is 12.0. The van der Waals surface area contributed by atoms with Crippen molar-refractivity contribution in [3.05, 3.63) is 77.8 Å². The van der Waals surface area contributed by atoms with Crippen LogP contribution in [0.25, 0.3) is 0 Å². The van der Waals surface area contributed by atoms with E-state index in [2.05, 4.69) is 5.32 Å². The van der Waals surface area contributed by atoms with E-state index in [0.717, 1.165) is 10.6 Å². The fourth-order valence-electron chi connectivity index (χ4n) is 2.90. The maximum absolute atomic E-state index is 12.8. The fraction of sp³-hybridized carbons (Fsp3) is 0.174. The zero-order valence-electron chi connectivity index (χ0n) is 17.6. The van der Waals surface area contributed by atoms with E-state index in [1.165, 1.54) is 0 Å². The molecule has 0 bridgehead atoms. The normalized spacial score (nSPS) is 11.0. The minimum atomic E-state index is -3.72. The Balaban J connectivity index is 1.80. The number of nitrogens with zero attached hydrogens (tertiary/aromatic N) is 1. The third-order valence-electron chi connectivity index (χ3n) is 4.31. The molecule has 168 valence electrons. The number of hydrogen-bond donors (Lipinski definition) is 1. The van der Waals surface area contributed by atoms with Crippen LogP contribution in [0.1, 0.15) is 6.92 Å². The van der Waals surface area contributed by atoms with Gasteiger partial charge in [0.1, 0.15) is 18.0 Å². The second-order valence-corrected chi connectivity index (χ2v) is 9.14. The van der Waals surface area contributed by atoms with Crippen molar-refractivity contribution in [3.63, 3.8) is 0 Å². The summed E-state index contributed by atoms with van der Waals surface area (Å²) in [5.41, 5.74) is 0.671. The Morgan fingerprint density at radius 3 is 2.31 bits per heavy atom. The van der Waals surface area contributed by atoms with Crippen LogP contribution in [0.15, 0.2) is 72.8 Å². The van der Waals surface area contributed by atoms with E-state index in [-0.39, 0.29) is 0 Å². The van der Waals surface area contributed by atoms with Crippen LogP contribution < -0.4 is 19.1 Å². The number of hydrogen-bond acceptors (Lipinski definition) is 5. The second kappa shape index (κ2) is 10.4. The van der Waals surface area contributed by atoms with E-state index in [4.69, 9.17) is 21.1 Å². The van der Waals surface area contributed by atoms with Gasteiger partial charge in [-0.05, 0) is 61.5 Å². The number of para-hydroxylation sites is 1. The Morgan fingerprint density at radius 2 is 1.69 bits per heavy atom. The SMILES string of the molecule is CCOc1ccc(N(CC(=O)Nc2cc(Cl)ccc2Oc2ccccc2)S(C)(=O)=O)cc1. The zero-order valence-corrected chi connectivity index (χ0v) is 19.2. The molecule has 0 radical (unpaired) electrons. The highest BCUT2D eigenvalue weighted by atomic mass is 35.5. The van der Waals surface area contributed by atoms with Gasteiger partial charge in [-0.15, -0.1) is 0 Å². The molecule has 0 aliphatic rings. The Kier molecular flexibility index (Phi) is 7.61. The summed E-state index contributed by atoms with van der Waals surface area (Å²) in [7, 11) is -3.72. The highest BCUT2D eigenvalue weighted by Gasteiger charge is 2.22. The Bertz CT molecular complexity index is 1170. The summed E-state index contributed by atoms with van der Waals surface area (Å²) < 4.78 is 37.0. The van der Waals surface area contributed by atoms with Gasteiger partial charge in [0, 0.05) is 5.02 Å². The molecule has 32 heavy (non-hydrogen) atoms. The van der Waals surface area contributed by atoms with Gasteiger partial charge in [0.25, 0.3) is 0 Å². The van der Waals surface area contributed by atoms with Crippen LogP contribution in [0, 0.1) is 0 Å². The zero-order chi connectivity index (χ0) is 23.1. The van der Waals surface area contributed by atoms with Crippen molar-refractivity contribution in [3.8, 4) is 17.2 Å². The van der Waals surface area contributed by atoms with Gasteiger partial charge < -0.3 is 14.8 Å². The van der Waals surface area contributed by atoms with E-state index in [9.17, 15) is 13.2 Å². The van der Waals surface area contributed by atoms with Crippen LogP contribution in [0.5, 0.6) is 17.2 Å². The lowest BCUT2D eigenvalue weighted by atomic mass is 10.2. The van der Waals surface area contributed by atoms with Crippen LogP contribution in [0.2, 0.25) is 5.02 Å². The summed E-state index contributed by atoms with van der Waals surface area (Å²) in [4.78, 5) is 12.8. The molecule has 0 atom stereocenters. The van der Waals surface area contributed by atoms with Crippen LogP contribution in [-0.2, 0) is 14.8 Å². The van der Waals surface area contributed by atoms with Gasteiger partial charge >= 0.3 is 0 Å².